The van der Waals surface area contributed by atoms with Gasteiger partial charge in [-0.1, -0.05) is 12.1 Å². The monoisotopic (exact) mass is 482 g/mol. The molecule has 0 bridgehead atoms. The third-order valence-electron chi connectivity index (χ3n) is 5.38. The van der Waals surface area contributed by atoms with E-state index >= 15 is 0 Å². The number of aromatic nitrogens is 3. The summed E-state index contributed by atoms with van der Waals surface area (Å²) in [5, 5.41) is 12.1. The van der Waals surface area contributed by atoms with Crippen molar-refractivity contribution in [3.63, 3.8) is 0 Å². The fraction of sp³-hybridized carbons (Fsp3) is 0.526. The van der Waals surface area contributed by atoms with E-state index in [0.717, 1.165) is 55.8 Å². The standard InChI is InChI=1S/C19H26N6O.HI/c1-20-19(21-12-18-23-22-17-4-3-10-25(17)18)24-11-9-15(13-24)14-5-7-16(26-2)8-6-14;/h5-8,15H,3-4,9-13H2,1-2H3,(H,20,21);1H. The molecule has 1 aromatic heterocycles. The number of guanidine groups is 1. The SMILES string of the molecule is CN=C(NCc1nnc2n1CCC2)N1CCC(c2ccc(OC)cc2)C1.I. The number of benzene rings is 1. The quantitative estimate of drug-likeness (QED) is 0.412. The van der Waals surface area contributed by atoms with E-state index in [1.165, 1.54) is 12.0 Å². The molecule has 1 aromatic carbocycles. The Hall–Kier alpha value is -1.84. The molecule has 1 saturated heterocycles. The Morgan fingerprint density at radius 2 is 2.07 bits per heavy atom. The van der Waals surface area contributed by atoms with Gasteiger partial charge < -0.3 is 19.5 Å². The van der Waals surface area contributed by atoms with E-state index in [9.17, 15) is 0 Å². The van der Waals surface area contributed by atoms with Crippen molar-refractivity contribution >= 4 is 29.9 Å². The van der Waals surface area contributed by atoms with Crippen molar-refractivity contribution in [2.75, 3.05) is 27.2 Å². The molecule has 2 aliphatic rings. The van der Waals surface area contributed by atoms with Gasteiger partial charge in [-0.25, -0.2) is 0 Å². The number of halogens is 1. The second-order valence-electron chi connectivity index (χ2n) is 6.89. The number of likely N-dealkylation sites (tertiary alicyclic amines) is 1. The molecule has 1 fully saturated rings. The minimum absolute atomic E-state index is 0. The van der Waals surface area contributed by atoms with Gasteiger partial charge >= 0.3 is 0 Å². The number of hydrogen-bond donors (Lipinski definition) is 1. The molecule has 3 heterocycles. The minimum Gasteiger partial charge on any atom is -0.497 e. The van der Waals surface area contributed by atoms with Crippen LogP contribution in [0.3, 0.4) is 0 Å². The Morgan fingerprint density at radius 3 is 2.81 bits per heavy atom. The van der Waals surface area contributed by atoms with Gasteiger partial charge in [-0.2, -0.15) is 0 Å². The number of nitrogens with one attached hydrogen (secondary N) is 1. The third kappa shape index (κ3) is 4.20. The van der Waals surface area contributed by atoms with Crippen LogP contribution < -0.4 is 10.1 Å². The summed E-state index contributed by atoms with van der Waals surface area (Å²) in [5.41, 5.74) is 1.36. The van der Waals surface area contributed by atoms with Crippen molar-refractivity contribution in [2.45, 2.75) is 38.3 Å². The molecular formula is C19H27IN6O. The van der Waals surface area contributed by atoms with Crippen LogP contribution in [0.5, 0.6) is 5.75 Å². The molecule has 0 radical (unpaired) electrons. The molecular weight excluding hydrogens is 455 g/mol. The van der Waals surface area contributed by atoms with Crippen LogP contribution in [0, 0.1) is 0 Å². The molecule has 8 heteroatoms. The Bertz CT molecular complexity index is 788. The first-order chi connectivity index (χ1) is 12.8. The predicted octanol–water partition coefficient (Wildman–Crippen LogP) is 2.42. The average Bonchev–Trinajstić information content (AvgIpc) is 3.40. The minimum atomic E-state index is 0. The molecule has 2 aliphatic heterocycles. The highest BCUT2D eigenvalue weighted by molar-refractivity contribution is 14.0. The molecule has 1 atom stereocenters. The largest absolute Gasteiger partial charge is 0.497 e. The van der Waals surface area contributed by atoms with E-state index in [-0.39, 0.29) is 24.0 Å². The van der Waals surface area contributed by atoms with Crippen LogP contribution in [-0.4, -0.2) is 52.9 Å². The van der Waals surface area contributed by atoms with Gasteiger partial charge in [0, 0.05) is 39.0 Å². The molecule has 1 unspecified atom stereocenters. The van der Waals surface area contributed by atoms with Crippen molar-refractivity contribution in [1.82, 2.24) is 25.0 Å². The van der Waals surface area contributed by atoms with E-state index in [1.54, 1.807) is 7.11 Å². The van der Waals surface area contributed by atoms with E-state index in [1.807, 2.05) is 19.2 Å². The summed E-state index contributed by atoms with van der Waals surface area (Å²) < 4.78 is 7.48. The van der Waals surface area contributed by atoms with Gasteiger partial charge in [0.2, 0.25) is 0 Å². The van der Waals surface area contributed by atoms with Crippen LogP contribution in [0.15, 0.2) is 29.3 Å². The highest BCUT2D eigenvalue weighted by Gasteiger charge is 2.26. The summed E-state index contributed by atoms with van der Waals surface area (Å²) in [6, 6.07) is 8.42. The highest BCUT2D eigenvalue weighted by Crippen LogP contribution is 2.28. The summed E-state index contributed by atoms with van der Waals surface area (Å²) in [6.45, 7) is 3.68. The van der Waals surface area contributed by atoms with Gasteiger partial charge in [-0.05, 0) is 30.5 Å². The molecule has 0 saturated carbocycles. The van der Waals surface area contributed by atoms with Crippen molar-refractivity contribution in [3.05, 3.63) is 41.5 Å². The van der Waals surface area contributed by atoms with E-state index in [2.05, 4.69) is 42.1 Å². The average molecular weight is 482 g/mol. The molecule has 7 nitrogen and oxygen atoms in total. The van der Waals surface area contributed by atoms with E-state index in [4.69, 9.17) is 4.74 Å². The van der Waals surface area contributed by atoms with E-state index < -0.39 is 0 Å². The summed E-state index contributed by atoms with van der Waals surface area (Å²) in [5.74, 6) is 4.48. The fourth-order valence-corrected chi connectivity index (χ4v) is 3.93. The van der Waals surface area contributed by atoms with Crippen LogP contribution in [-0.2, 0) is 19.5 Å². The second kappa shape index (κ2) is 8.90. The zero-order valence-corrected chi connectivity index (χ0v) is 18.2. The first-order valence-corrected chi connectivity index (χ1v) is 9.29. The second-order valence-corrected chi connectivity index (χ2v) is 6.89. The molecule has 4 rings (SSSR count). The van der Waals surface area contributed by atoms with Gasteiger partial charge in [-0.3, -0.25) is 4.99 Å². The molecule has 2 aromatic rings. The zero-order chi connectivity index (χ0) is 17.9. The number of nitrogens with zero attached hydrogens (tertiary/aromatic N) is 5. The third-order valence-corrected chi connectivity index (χ3v) is 5.38. The van der Waals surface area contributed by atoms with Crippen molar-refractivity contribution in [1.29, 1.82) is 0 Å². The molecule has 0 aliphatic carbocycles. The van der Waals surface area contributed by atoms with Crippen LogP contribution >= 0.6 is 24.0 Å². The van der Waals surface area contributed by atoms with Crippen molar-refractivity contribution < 1.29 is 4.74 Å². The Kier molecular flexibility index (Phi) is 6.56. The summed E-state index contributed by atoms with van der Waals surface area (Å²) in [7, 11) is 3.55. The maximum absolute atomic E-state index is 5.26. The van der Waals surface area contributed by atoms with Crippen molar-refractivity contribution in [3.8, 4) is 5.75 Å². The molecule has 0 spiro atoms. The lowest BCUT2D eigenvalue weighted by Crippen LogP contribution is -2.40. The number of hydrogen-bond acceptors (Lipinski definition) is 4. The molecule has 27 heavy (non-hydrogen) atoms. The van der Waals surface area contributed by atoms with E-state index in [0.29, 0.717) is 12.5 Å². The topological polar surface area (TPSA) is 67.6 Å². The van der Waals surface area contributed by atoms with Crippen LogP contribution in [0.1, 0.15) is 36.0 Å². The first kappa shape index (κ1) is 19.9. The molecule has 0 amide bonds. The summed E-state index contributed by atoms with van der Waals surface area (Å²) in [4.78, 5) is 6.80. The number of fused-ring (bicyclic) bond motifs is 1. The van der Waals surface area contributed by atoms with Crippen LogP contribution in [0.25, 0.3) is 0 Å². The van der Waals surface area contributed by atoms with Crippen LogP contribution in [0.2, 0.25) is 0 Å². The van der Waals surface area contributed by atoms with Crippen molar-refractivity contribution in [2.24, 2.45) is 4.99 Å². The lowest BCUT2D eigenvalue weighted by atomic mass is 9.98. The van der Waals surface area contributed by atoms with Gasteiger partial charge in [-0.15, -0.1) is 34.2 Å². The lowest BCUT2D eigenvalue weighted by molar-refractivity contribution is 0.414. The number of aryl methyl sites for hydroxylation is 1. The number of rotatable bonds is 4. The van der Waals surface area contributed by atoms with Gasteiger partial charge in [0.1, 0.15) is 11.6 Å². The zero-order valence-electron chi connectivity index (χ0n) is 15.9. The smallest absolute Gasteiger partial charge is 0.194 e. The number of ether oxygens (including phenoxy) is 1. The Balaban J connectivity index is 0.00000210. The van der Waals surface area contributed by atoms with Gasteiger partial charge in [0.25, 0.3) is 0 Å². The predicted molar refractivity (Wildman–Crippen MR) is 116 cm³/mol. The van der Waals surface area contributed by atoms with Crippen LogP contribution in [0.4, 0.5) is 0 Å². The first-order valence-electron chi connectivity index (χ1n) is 9.29. The molecule has 1 N–H and O–H groups in total. The van der Waals surface area contributed by atoms with Gasteiger partial charge in [0.05, 0.1) is 13.7 Å². The number of aliphatic imine (C=N–C) groups is 1. The summed E-state index contributed by atoms with van der Waals surface area (Å²) >= 11 is 0. The maximum atomic E-state index is 5.26. The molecule has 146 valence electrons. The maximum Gasteiger partial charge on any atom is 0.194 e. The number of methoxy groups -OCH3 is 1. The fourth-order valence-electron chi connectivity index (χ4n) is 3.93. The Labute approximate surface area is 177 Å². The highest BCUT2D eigenvalue weighted by atomic mass is 127. The van der Waals surface area contributed by atoms with Gasteiger partial charge in [0.15, 0.2) is 11.8 Å². The Morgan fingerprint density at radius 1 is 1.26 bits per heavy atom. The lowest BCUT2D eigenvalue weighted by Gasteiger charge is -2.21. The summed E-state index contributed by atoms with van der Waals surface area (Å²) in [6.07, 6.45) is 3.34. The normalized spacial score (nSPS) is 19.0.